The first-order valence-corrected chi connectivity index (χ1v) is 6.18. The van der Waals surface area contributed by atoms with Crippen molar-refractivity contribution in [2.75, 3.05) is 0 Å². The Hall–Kier alpha value is -1.86. The number of thioether (sulfide) groups is 1. The first-order valence-electron chi connectivity index (χ1n) is 5.19. The van der Waals surface area contributed by atoms with Crippen LogP contribution in [0.1, 0.15) is 21.9 Å². The molecule has 0 unspecified atom stereocenters. The molecule has 0 aliphatic rings. The zero-order valence-electron chi connectivity index (χ0n) is 9.71. The van der Waals surface area contributed by atoms with Crippen molar-refractivity contribution < 1.29 is 9.21 Å². The molecule has 1 amide bonds. The number of carbonyl (C=O) groups excluding carboxylic acids is 1. The highest BCUT2D eigenvalue weighted by Crippen LogP contribution is 2.23. The fourth-order valence-electron chi connectivity index (χ4n) is 1.42. The van der Waals surface area contributed by atoms with Crippen molar-refractivity contribution in [2.24, 2.45) is 5.84 Å². The number of hydrogen-bond acceptors (Lipinski definition) is 6. The van der Waals surface area contributed by atoms with Crippen molar-refractivity contribution in [3.05, 3.63) is 41.7 Å². The summed E-state index contributed by atoms with van der Waals surface area (Å²) >= 11 is 1.48. The number of nitrogens with zero attached hydrogens (tertiary/aromatic N) is 2. The molecule has 0 spiro atoms. The van der Waals surface area contributed by atoms with Crippen molar-refractivity contribution in [3.63, 3.8) is 0 Å². The maximum atomic E-state index is 11.4. The summed E-state index contributed by atoms with van der Waals surface area (Å²) in [6, 6.07) is 1.68. The molecule has 7 heteroatoms. The summed E-state index contributed by atoms with van der Waals surface area (Å²) in [5, 5.41) is 0.802. The van der Waals surface area contributed by atoms with Crippen LogP contribution in [0.4, 0.5) is 0 Å². The highest BCUT2D eigenvalue weighted by atomic mass is 32.2. The Labute approximate surface area is 108 Å². The minimum Gasteiger partial charge on any atom is -0.465 e. The molecule has 18 heavy (non-hydrogen) atoms. The zero-order chi connectivity index (χ0) is 13.0. The molecule has 0 fully saturated rings. The third-order valence-corrected chi connectivity index (χ3v) is 3.18. The molecule has 0 aromatic carbocycles. The number of carbonyl (C=O) groups is 1. The predicted molar refractivity (Wildman–Crippen MR) is 66.7 cm³/mol. The van der Waals surface area contributed by atoms with Gasteiger partial charge in [0.15, 0.2) is 0 Å². The van der Waals surface area contributed by atoms with E-state index in [-0.39, 0.29) is 5.91 Å². The van der Waals surface area contributed by atoms with Gasteiger partial charge in [-0.1, -0.05) is 11.8 Å². The van der Waals surface area contributed by atoms with Crippen molar-refractivity contribution in [2.45, 2.75) is 17.7 Å². The van der Waals surface area contributed by atoms with Gasteiger partial charge < -0.3 is 4.42 Å². The van der Waals surface area contributed by atoms with Gasteiger partial charge in [-0.15, -0.1) is 0 Å². The van der Waals surface area contributed by atoms with E-state index in [1.807, 2.05) is 0 Å². The first-order chi connectivity index (χ1) is 8.70. The SMILES string of the molecule is Cc1oc(CSc2cnccn2)cc1C(=O)NN. The average molecular weight is 264 g/mol. The van der Waals surface area contributed by atoms with Gasteiger partial charge in [-0.2, -0.15) is 0 Å². The van der Waals surface area contributed by atoms with Crippen LogP contribution < -0.4 is 11.3 Å². The second-order valence-electron chi connectivity index (χ2n) is 3.49. The molecule has 2 rings (SSSR count). The average Bonchev–Trinajstić information content (AvgIpc) is 2.78. The van der Waals surface area contributed by atoms with Gasteiger partial charge in [0.2, 0.25) is 0 Å². The summed E-state index contributed by atoms with van der Waals surface area (Å²) in [6.45, 7) is 1.72. The zero-order valence-corrected chi connectivity index (χ0v) is 10.5. The summed E-state index contributed by atoms with van der Waals surface area (Å²) in [4.78, 5) is 19.5. The van der Waals surface area contributed by atoms with Gasteiger partial charge in [-0.3, -0.25) is 15.2 Å². The molecule has 0 saturated heterocycles. The molecular weight excluding hydrogens is 252 g/mol. The van der Waals surface area contributed by atoms with Crippen LogP contribution in [0.25, 0.3) is 0 Å². The molecule has 0 aliphatic heterocycles. The summed E-state index contributed by atoms with van der Waals surface area (Å²) in [7, 11) is 0. The van der Waals surface area contributed by atoms with Crippen molar-refractivity contribution >= 4 is 17.7 Å². The number of amides is 1. The number of aryl methyl sites for hydroxylation is 1. The van der Waals surface area contributed by atoms with E-state index in [9.17, 15) is 4.79 Å². The number of nitrogens with two attached hydrogens (primary N) is 1. The van der Waals surface area contributed by atoms with Crippen LogP contribution >= 0.6 is 11.8 Å². The molecule has 6 nitrogen and oxygen atoms in total. The fourth-order valence-corrected chi connectivity index (χ4v) is 2.13. The third-order valence-electron chi connectivity index (χ3n) is 2.25. The third kappa shape index (κ3) is 2.88. The second-order valence-corrected chi connectivity index (χ2v) is 4.48. The van der Waals surface area contributed by atoms with Gasteiger partial charge in [-0.25, -0.2) is 10.8 Å². The summed E-state index contributed by atoms with van der Waals surface area (Å²) in [5.41, 5.74) is 2.53. The van der Waals surface area contributed by atoms with E-state index < -0.39 is 0 Å². The minimum absolute atomic E-state index is 0.355. The summed E-state index contributed by atoms with van der Waals surface area (Å²) in [5.74, 6) is 6.55. The lowest BCUT2D eigenvalue weighted by molar-refractivity contribution is 0.0952. The molecule has 0 radical (unpaired) electrons. The van der Waals surface area contributed by atoms with Gasteiger partial charge in [0.05, 0.1) is 17.5 Å². The molecule has 94 valence electrons. The maximum Gasteiger partial charge on any atom is 0.268 e. The molecule has 2 aromatic rings. The fraction of sp³-hybridized carbons (Fsp3) is 0.182. The molecule has 3 N–H and O–H groups in total. The number of furan rings is 1. The van der Waals surface area contributed by atoms with Gasteiger partial charge in [0.1, 0.15) is 16.5 Å². The number of nitrogen functional groups attached to an aromatic ring is 1. The Bertz CT molecular complexity index is 541. The lowest BCUT2D eigenvalue weighted by Gasteiger charge is -1.96. The number of hydrazine groups is 1. The van der Waals surface area contributed by atoms with Crippen LogP contribution in [0.2, 0.25) is 0 Å². The molecule has 0 aliphatic carbocycles. The molecule has 0 atom stereocenters. The van der Waals surface area contributed by atoms with E-state index in [1.54, 1.807) is 31.6 Å². The predicted octanol–water partition coefficient (Wildman–Crippen LogP) is 1.27. The number of nitrogens with one attached hydrogen (secondary N) is 1. The first kappa shape index (κ1) is 12.6. The quantitative estimate of drug-likeness (QED) is 0.374. The van der Waals surface area contributed by atoms with E-state index in [2.05, 4.69) is 15.4 Å². The van der Waals surface area contributed by atoms with E-state index in [0.29, 0.717) is 22.8 Å². The Morgan fingerprint density at radius 2 is 2.39 bits per heavy atom. The topological polar surface area (TPSA) is 94.0 Å². The Morgan fingerprint density at radius 3 is 3.06 bits per heavy atom. The monoisotopic (exact) mass is 264 g/mol. The van der Waals surface area contributed by atoms with E-state index in [4.69, 9.17) is 10.3 Å². The maximum absolute atomic E-state index is 11.4. The minimum atomic E-state index is -0.355. The highest BCUT2D eigenvalue weighted by molar-refractivity contribution is 7.98. The normalized spacial score (nSPS) is 10.3. The highest BCUT2D eigenvalue weighted by Gasteiger charge is 2.14. The van der Waals surface area contributed by atoms with Crippen LogP contribution in [0.5, 0.6) is 0 Å². The largest absolute Gasteiger partial charge is 0.465 e. The van der Waals surface area contributed by atoms with Crippen LogP contribution in [0.15, 0.2) is 34.1 Å². The van der Waals surface area contributed by atoms with Gasteiger partial charge >= 0.3 is 0 Å². The Kier molecular flexibility index (Phi) is 3.96. The van der Waals surface area contributed by atoms with Crippen LogP contribution in [-0.2, 0) is 5.75 Å². The van der Waals surface area contributed by atoms with Gasteiger partial charge in [-0.05, 0) is 13.0 Å². The lowest BCUT2D eigenvalue weighted by Crippen LogP contribution is -2.30. The van der Waals surface area contributed by atoms with Crippen LogP contribution in [0, 0.1) is 6.92 Å². The second kappa shape index (κ2) is 5.65. The van der Waals surface area contributed by atoms with E-state index in [1.165, 1.54) is 11.8 Å². The standard InChI is InChI=1S/C11H12N4O2S/c1-7-9(11(16)15-12)4-8(17-7)6-18-10-5-13-2-3-14-10/h2-5H,6,12H2,1H3,(H,15,16). The molecular formula is C11H12N4O2S. The smallest absolute Gasteiger partial charge is 0.268 e. The van der Waals surface area contributed by atoms with Crippen molar-refractivity contribution in [1.29, 1.82) is 0 Å². The molecule has 2 heterocycles. The van der Waals surface area contributed by atoms with E-state index in [0.717, 1.165) is 5.03 Å². The molecule has 0 saturated carbocycles. The summed E-state index contributed by atoms with van der Waals surface area (Å²) in [6.07, 6.45) is 4.92. The van der Waals surface area contributed by atoms with Crippen molar-refractivity contribution in [3.8, 4) is 0 Å². The molecule has 0 bridgehead atoms. The summed E-state index contributed by atoms with van der Waals surface area (Å²) < 4.78 is 5.47. The van der Waals surface area contributed by atoms with E-state index >= 15 is 0 Å². The van der Waals surface area contributed by atoms with Crippen molar-refractivity contribution in [1.82, 2.24) is 15.4 Å². The van der Waals surface area contributed by atoms with Gasteiger partial charge in [0, 0.05) is 12.4 Å². The Balaban J connectivity index is 2.05. The lowest BCUT2D eigenvalue weighted by atomic mass is 10.2. The number of aromatic nitrogens is 2. The van der Waals surface area contributed by atoms with Crippen LogP contribution in [-0.4, -0.2) is 15.9 Å². The number of hydrogen-bond donors (Lipinski definition) is 2. The Morgan fingerprint density at radius 1 is 1.56 bits per heavy atom. The van der Waals surface area contributed by atoms with Crippen LogP contribution in [0.3, 0.4) is 0 Å². The van der Waals surface area contributed by atoms with Gasteiger partial charge in [0.25, 0.3) is 5.91 Å². The molecule has 2 aromatic heterocycles. The number of rotatable bonds is 4.